The van der Waals surface area contributed by atoms with Gasteiger partial charge >= 0.3 is 0 Å². The van der Waals surface area contributed by atoms with Crippen molar-refractivity contribution in [3.63, 3.8) is 0 Å². The van der Waals surface area contributed by atoms with Crippen LogP contribution in [0.4, 0.5) is 10.1 Å². The third kappa shape index (κ3) is 2.92. The second-order valence-electron chi connectivity index (χ2n) is 4.69. The number of para-hydroxylation sites is 1. The molecule has 0 spiro atoms. The van der Waals surface area contributed by atoms with Gasteiger partial charge in [0.05, 0.1) is 16.8 Å². The van der Waals surface area contributed by atoms with E-state index in [0.717, 1.165) is 11.3 Å². The van der Waals surface area contributed by atoms with Gasteiger partial charge in [0.1, 0.15) is 5.82 Å². The Hall–Kier alpha value is -1.25. The zero-order chi connectivity index (χ0) is 14.7. The summed E-state index contributed by atoms with van der Waals surface area (Å²) < 4.78 is 13.9. The number of nitrogens with zero attached hydrogens (tertiary/aromatic N) is 1. The molecule has 0 saturated heterocycles. The average Bonchev–Trinajstić information content (AvgIpc) is 2.46. The van der Waals surface area contributed by atoms with E-state index < -0.39 is 0 Å². The first-order valence-corrected chi connectivity index (χ1v) is 7.28. The minimum absolute atomic E-state index is 0.141. The summed E-state index contributed by atoms with van der Waals surface area (Å²) in [5, 5.41) is 0.619. The number of halogens is 3. The molecule has 0 N–H and O–H groups in total. The average molecular weight is 312 g/mol. The van der Waals surface area contributed by atoms with Crippen LogP contribution in [0.15, 0.2) is 42.5 Å². The van der Waals surface area contributed by atoms with Crippen molar-refractivity contribution in [3.05, 3.63) is 64.4 Å². The standard InChI is InChI=1S/C16H16Cl2FN/c1-11(13-7-3-4-9-15(13)19)20(2)16-12(10-17)6-5-8-14(16)18/h3-9,11H,10H2,1-2H3. The van der Waals surface area contributed by atoms with Crippen molar-refractivity contribution < 1.29 is 4.39 Å². The highest BCUT2D eigenvalue weighted by Crippen LogP contribution is 2.35. The van der Waals surface area contributed by atoms with Crippen LogP contribution in [-0.4, -0.2) is 7.05 Å². The number of hydrogen-bond donors (Lipinski definition) is 0. The molecule has 0 aliphatic carbocycles. The molecule has 2 aromatic rings. The molecule has 106 valence electrons. The van der Waals surface area contributed by atoms with E-state index in [0.29, 0.717) is 16.5 Å². The van der Waals surface area contributed by atoms with Crippen LogP contribution in [0.1, 0.15) is 24.1 Å². The second kappa shape index (κ2) is 6.47. The molecule has 1 atom stereocenters. The summed E-state index contributed by atoms with van der Waals surface area (Å²) in [6.45, 7) is 1.94. The van der Waals surface area contributed by atoms with Gasteiger partial charge in [-0.3, -0.25) is 0 Å². The minimum atomic E-state index is -0.216. The predicted molar refractivity (Wildman–Crippen MR) is 84.2 cm³/mol. The van der Waals surface area contributed by atoms with Crippen molar-refractivity contribution >= 4 is 28.9 Å². The van der Waals surface area contributed by atoms with Crippen LogP contribution in [0.5, 0.6) is 0 Å². The highest BCUT2D eigenvalue weighted by Gasteiger charge is 2.19. The Kier molecular flexibility index (Phi) is 4.90. The van der Waals surface area contributed by atoms with E-state index in [-0.39, 0.29) is 11.9 Å². The Morgan fingerprint density at radius 3 is 2.50 bits per heavy atom. The molecule has 0 heterocycles. The molecule has 0 aliphatic heterocycles. The number of rotatable bonds is 4. The molecule has 2 rings (SSSR count). The summed E-state index contributed by atoms with van der Waals surface area (Å²) in [5.41, 5.74) is 2.42. The molecule has 0 radical (unpaired) electrons. The van der Waals surface area contributed by atoms with Gasteiger partial charge in [0, 0.05) is 18.5 Å². The van der Waals surface area contributed by atoms with Crippen LogP contribution in [0.25, 0.3) is 0 Å². The predicted octanol–water partition coefficient (Wildman–Crippen LogP) is 5.42. The number of anilines is 1. The van der Waals surface area contributed by atoms with Crippen molar-refractivity contribution in [2.75, 3.05) is 11.9 Å². The van der Waals surface area contributed by atoms with Crippen LogP contribution in [-0.2, 0) is 5.88 Å². The van der Waals surface area contributed by atoms with Crippen molar-refractivity contribution in [2.24, 2.45) is 0 Å². The van der Waals surface area contributed by atoms with Gasteiger partial charge in [0.25, 0.3) is 0 Å². The zero-order valence-corrected chi connectivity index (χ0v) is 12.9. The zero-order valence-electron chi connectivity index (χ0n) is 11.4. The van der Waals surface area contributed by atoms with Gasteiger partial charge in [0.2, 0.25) is 0 Å². The summed E-state index contributed by atoms with van der Waals surface area (Å²) in [5.74, 6) is 0.149. The van der Waals surface area contributed by atoms with E-state index >= 15 is 0 Å². The van der Waals surface area contributed by atoms with Gasteiger partial charge in [-0.2, -0.15) is 0 Å². The van der Waals surface area contributed by atoms with Gasteiger partial charge in [-0.05, 0) is 24.6 Å². The van der Waals surface area contributed by atoms with E-state index in [2.05, 4.69) is 0 Å². The maximum atomic E-state index is 13.9. The quantitative estimate of drug-likeness (QED) is 0.682. The van der Waals surface area contributed by atoms with Gasteiger partial charge in [-0.1, -0.05) is 41.9 Å². The molecule has 0 bridgehead atoms. The summed E-state index contributed by atoms with van der Waals surface area (Å²) in [6.07, 6.45) is 0. The van der Waals surface area contributed by atoms with Crippen molar-refractivity contribution in [1.29, 1.82) is 0 Å². The Morgan fingerprint density at radius 2 is 1.85 bits per heavy atom. The number of alkyl halides is 1. The molecule has 0 saturated carbocycles. The lowest BCUT2D eigenvalue weighted by atomic mass is 10.0. The van der Waals surface area contributed by atoms with Crippen LogP contribution < -0.4 is 4.90 Å². The molecule has 0 aromatic heterocycles. The Morgan fingerprint density at radius 1 is 1.15 bits per heavy atom. The molecule has 4 heteroatoms. The van der Waals surface area contributed by atoms with Gasteiger partial charge < -0.3 is 4.90 Å². The summed E-state index contributed by atoms with van der Waals surface area (Å²) >= 11 is 12.3. The topological polar surface area (TPSA) is 3.24 Å². The molecule has 0 fully saturated rings. The lowest BCUT2D eigenvalue weighted by Crippen LogP contribution is -2.23. The van der Waals surface area contributed by atoms with Crippen molar-refractivity contribution in [3.8, 4) is 0 Å². The van der Waals surface area contributed by atoms with Crippen LogP contribution >= 0.6 is 23.2 Å². The lowest BCUT2D eigenvalue weighted by Gasteiger charge is -2.30. The molecule has 1 nitrogen and oxygen atoms in total. The van der Waals surface area contributed by atoms with E-state index in [1.54, 1.807) is 12.1 Å². The molecule has 20 heavy (non-hydrogen) atoms. The summed E-state index contributed by atoms with van der Waals surface area (Å²) in [4.78, 5) is 1.96. The normalized spacial score (nSPS) is 12.2. The fraction of sp³-hybridized carbons (Fsp3) is 0.250. The van der Waals surface area contributed by atoms with Crippen molar-refractivity contribution in [1.82, 2.24) is 0 Å². The first-order valence-electron chi connectivity index (χ1n) is 6.37. The fourth-order valence-electron chi connectivity index (χ4n) is 2.28. The molecule has 0 amide bonds. The maximum Gasteiger partial charge on any atom is 0.128 e. The fourth-order valence-corrected chi connectivity index (χ4v) is 2.82. The SMILES string of the molecule is CC(c1ccccc1F)N(C)c1c(Cl)cccc1CCl. The molecule has 0 aliphatic rings. The largest absolute Gasteiger partial charge is 0.366 e. The second-order valence-corrected chi connectivity index (χ2v) is 5.36. The monoisotopic (exact) mass is 311 g/mol. The summed E-state index contributed by atoms with van der Waals surface area (Å²) in [6, 6.07) is 12.2. The highest BCUT2D eigenvalue weighted by molar-refractivity contribution is 6.33. The van der Waals surface area contributed by atoms with Crippen LogP contribution in [0, 0.1) is 5.82 Å². The number of hydrogen-bond acceptors (Lipinski definition) is 1. The van der Waals surface area contributed by atoms with Gasteiger partial charge in [-0.15, -0.1) is 11.6 Å². The first kappa shape index (κ1) is 15.1. The minimum Gasteiger partial charge on any atom is -0.366 e. The molecular formula is C16H16Cl2FN. The Balaban J connectivity index is 2.41. The number of benzene rings is 2. The van der Waals surface area contributed by atoms with E-state index in [1.807, 2.05) is 43.1 Å². The Labute approximate surface area is 128 Å². The van der Waals surface area contributed by atoms with Gasteiger partial charge in [-0.25, -0.2) is 4.39 Å². The van der Waals surface area contributed by atoms with Crippen molar-refractivity contribution in [2.45, 2.75) is 18.8 Å². The molecular weight excluding hydrogens is 296 g/mol. The van der Waals surface area contributed by atoms with Crippen LogP contribution in [0.3, 0.4) is 0 Å². The Bertz CT molecular complexity index is 601. The lowest BCUT2D eigenvalue weighted by molar-refractivity contribution is 0.585. The van der Waals surface area contributed by atoms with E-state index in [1.165, 1.54) is 6.07 Å². The molecule has 1 unspecified atom stereocenters. The summed E-state index contributed by atoms with van der Waals surface area (Å²) in [7, 11) is 1.90. The van der Waals surface area contributed by atoms with E-state index in [4.69, 9.17) is 23.2 Å². The molecule has 2 aromatic carbocycles. The maximum absolute atomic E-state index is 13.9. The van der Waals surface area contributed by atoms with Crippen LogP contribution in [0.2, 0.25) is 5.02 Å². The first-order chi connectivity index (χ1) is 9.56. The smallest absolute Gasteiger partial charge is 0.128 e. The third-order valence-electron chi connectivity index (χ3n) is 3.50. The van der Waals surface area contributed by atoms with E-state index in [9.17, 15) is 4.39 Å². The van der Waals surface area contributed by atoms with Gasteiger partial charge in [0.15, 0.2) is 0 Å². The highest BCUT2D eigenvalue weighted by atomic mass is 35.5. The third-order valence-corrected chi connectivity index (χ3v) is 4.10.